The lowest BCUT2D eigenvalue weighted by molar-refractivity contribution is -0.177. The highest BCUT2D eigenvalue weighted by Crippen LogP contribution is 2.50. The molecule has 1 atom stereocenters. The Balaban J connectivity index is 2.49. The van der Waals surface area contributed by atoms with Crippen molar-refractivity contribution in [1.29, 1.82) is 0 Å². The maximum Gasteiger partial charge on any atom is 0.390 e. The Morgan fingerprint density at radius 3 is 2.24 bits per heavy atom. The van der Waals surface area contributed by atoms with Crippen molar-refractivity contribution in [2.45, 2.75) is 58.5 Å². The number of rotatable bonds is 6. The molecule has 2 nitrogen and oxygen atoms in total. The molecule has 1 saturated carbocycles. The third-order valence-electron chi connectivity index (χ3n) is 3.72. The summed E-state index contributed by atoms with van der Waals surface area (Å²) in [6, 6.07) is 0. The minimum absolute atomic E-state index is 0.0947. The highest BCUT2D eigenvalue weighted by Gasteiger charge is 2.45. The molecule has 1 fully saturated rings. The molecule has 0 aromatic rings. The molecule has 1 rings (SSSR count). The normalized spacial score (nSPS) is 21.9. The largest absolute Gasteiger partial charge is 0.481 e. The van der Waals surface area contributed by atoms with Gasteiger partial charge in [-0.1, -0.05) is 13.3 Å². The average molecular weight is 252 g/mol. The van der Waals surface area contributed by atoms with E-state index in [-0.39, 0.29) is 11.8 Å². The third-order valence-corrected chi connectivity index (χ3v) is 3.72. The summed E-state index contributed by atoms with van der Waals surface area (Å²) in [7, 11) is 0. The van der Waals surface area contributed by atoms with Gasteiger partial charge in [-0.25, -0.2) is 0 Å². The van der Waals surface area contributed by atoms with Crippen LogP contribution >= 0.6 is 0 Å². The first-order valence-corrected chi connectivity index (χ1v) is 5.87. The highest BCUT2D eigenvalue weighted by molar-refractivity contribution is 5.74. The summed E-state index contributed by atoms with van der Waals surface area (Å²) in [6.45, 7) is 3.28. The van der Waals surface area contributed by atoms with Gasteiger partial charge in [-0.2, -0.15) is 13.2 Å². The Morgan fingerprint density at radius 1 is 1.35 bits per heavy atom. The zero-order chi connectivity index (χ0) is 13.3. The van der Waals surface area contributed by atoms with Crippen LogP contribution in [0.25, 0.3) is 0 Å². The van der Waals surface area contributed by atoms with Gasteiger partial charge in [0.2, 0.25) is 0 Å². The van der Waals surface area contributed by atoms with E-state index in [1.165, 1.54) is 6.92 Å². The third kappa shape index (κ3) is 4.56. The second-order valence-electron chi connectivity index (χ2n) is 5.82. The smallest absolute Gasteiger partial charge is 0.390 e. The first kappa shape index (κ1) is 14.3. The maximum atomic E-state index is 12.3. The summed E-state index contributed by atoms with van der Waals surface area (Å²) in [5, 5.41) is 8.94. The van der Waals surface area contributed by atoms with Crippen LogP contribution in [0, 0.1) is 10.8 Å². The fourth-order valence-electron chi connectivity index (χ4n) is 2.08. The lowest BCUT2D eigenvalue weighted by Gasteiger charge is -2.26. The molecule has 0 bridgehead atoms. The predicted octanol–water partition coefficient (Wildman–Crippen LogP) is 4.00. The van der Waals surface area contributed by atoms with Gasteiger partial charge in [0.15, 0.2) is 0 Å². The molecule has 0 aliphatic heterocycles. The van der Waals surface area contributed by atoms with E-state index >= 15 is 0 Å². The number of carbonyl (C=O) groups is 1. The van der Waals surface area contributed by atoms with Gasteiger partial charge in [-0.3, -0.25) is 4.79 Å². The van der Waals surface area contributed by atoms with Crippen molar-refractivity contribution in [1.82, 2.24) is 0 Å². The van der Waals surface area contributed by atoms with Gasteiger partial charge < -0.3 is 5.11 Å². The number of carboxylic acids is 1. The molecule has 0 aromatic heterocycles. The van der Waals surface area contributed by atoms with Crippen molar-refractivity contribution in [2.24, 2.45) is 10.8 Å². The molecular formula is C12H19F3O2. The van der Waals surface area contributed by atoms with E-state index < -0.39 is 24.0 Å². The molecule has 1 aliphatic rings. The molecular weight excluding hydrogens is 233 g/mol. The van der Waals surface area contributed by atoms with Gasteiger partial charge in [-0.15, -0.1) is 0 Å². The number of alkyl halides is 3. The monoisotopic (exact) mass is 252 g/mol. The van der Waals surface area contributed by atoms with Crippen LogP contribution in [0.15, 0.2) is 0 Å². The molecule has 17 heavy (non-hydrogen) atoms. The van der Waals surface area contributed by atoms with Crippen LogP contribution in [0.4, 0.5) is 13.2 Å². The second kappa shape index (κ2) is 4.50. The summed E-state index contributed by atoms with van der Waals surface area (Å²) < 4.78 is 37.0. The van der Waals surface area contributed by atoms with Gasteiger partial charge in [0.05, 0.1) is 11.8 Å². The van der Waals surface area contributed by atoms with E-state index in [2.05, 4.69) is 6.92 Å². The van der Waals surface area contributed by atoms with Crippen molar-refractivity contribution in [3.05, 3.63) is 0 Å². The Labute approximate surface area is 99.2 Å². The van der Waals surface area contributed by atoms with E-state index in [0.717, 1.165) is 19.3 Å². The van der Waals surface area contributed by atoms with Gasteiger partial charge in [0.25, 0.3) is 0 Å². The van der Waals surface area contributed by atoms with Crippen molar-refractivity contribution in [3.63, 3.8) is 0 Å². The van der Waals surface area contributed by atoms with Gasteiger partial charge in [0, 0.05) is 0 Å². The highest BCUT2D eigenvalue weighted by atomic mass is 19.4. The van der Waals surface area contributed by atoms with Crippen LogP contribution < -0.4 is 0 Å². The summed E-state index contributed by atoms with van der Waals surface area (Å²) in [5.41, 5.74) is -1.42. The van der Waals surface area contributed by atoms with Crippen molar-refractivity contribution in [3.8, 4) is 0 Å². The SMILES string of the molecule is CC1(CCCC(C)(CC(F)(F)F)C(=O)O)CC1. The van der Waals surface area contributed by atoms with E-state index in [1.54, 1.807) is 0 Å². The van der Waals surface area contributed by atoms with E-state index in [0.29, 0.717) is 6.42 Å². The van der Waals surface area contributed by atoms with Crippen molar-refractivity contribution >= 4 is 5.97 Å². The number of hydrogen-bond donors (Lipinski definition) is 1. The van der Waals surface area contributed by atoms with Gasteiger partial charge >= 0.3 is 12.1 Å². The topological polar surface area (TPSA) is 37.3 Å². The number of hydrogen-bond acceptors (Lipinski definition) is 1. The van der Waals surface area contributed by atoms with E-state index in [9.17, 15) is 18.0 Å². The number of aliphatic carboxylic acids is 1. The fraction of sp³-hybridized carbons (Fsp3) is 0.917. The molecule has 0 saturated heterocycles. The molecule has 0 amide bonds. The molecule has 1 unspecified atom stereocenters. The summed E-state index contributed by atoms with van der Waals surface area (Å²) in [6.07, 6.45) is -1.98. The van der Waals surface area contributed by atoms with Crippen LogP contribution in [0.1, 0.15) is 52.4 Å². The summed E-state index contributed by atoms with van der Waals surface area (Å²) in [5.74, 6) is -1.35. The van der Waals surface area contributed by atoms with Crippen LogP contribution in [-0.2, 0) is 4.79 Å². The Bertz CT molecular complexity index is 295. The summed E-state index contributed by atoms with van der Waals surface area (Å²) in [4.78, 5) is 11.0. The minimum Gasteiger partial charge on any atom is -0.481 e. The Kier molecular flexibility index (Phi) is 3.79. The standard InChI is InChI=1S/C12H19F3O2/c1-10(6-7-10)4-3-5-11(2,9(16)17)8-12(13,14)15/h3-8H2,1-2H3,(H,16,17). The van der Waals surface area contributed by atoms with Crippen LogP contribution in [0.2, 0.25) is 0 Å². The zero-order valence-electron chi connectivity index (χ0n) is 10.2. The lowest BCUT2D eigenvalue weighted by Crippen LogP contribution is -2.33. The molecule has 0 heterocycles. The molecule has 5 heteroatoms. The molecule has 0 radical (unpaired) electrons. The molecule has 0 spiro atoms. The number of carboxylic acid groups (broad SMARTS) is 1. The van der Waals surface area contributed by atoms with Gasteiger partial charge in [-0.05, 0) is 38.0 Å². The van der Waals surface area contributed by atoms with E-state index in [4.69, 9.17) is 5.11 Å². The minimum atomic E-state index is -4.42. The fourth-order valence-corrected chi connectivity index (χ4v) is 2.08. The zero-order valence-corrected chi connectivity index (χ0v) is 10.2. The Morgan fingerprint density at radius 2 is 1.88 bits per heavy atom. The molecule has 100 valence electrons. The summed E-state index contributed by atoms with van der Waals surface area (Å²) >= 11 is 0. The molecule has 1 N–H and O–H groups in total. The maximum absolute atomic E-state index is 12.3. The van der Waals surface area contributed by atoms with Gasteiger partial charge in [0.1, 0.15) is 0 Å². The average Bonchev–Trinajstić information content (AvgIpc) is 2.80. The molecule has 0 aromatic carbocycles. The van der Waals surface area contributed by atoms with Crippen molar-refractivity contribution in [2.75, 3.05) is 0 Å². The quantitative estimate of drug-likeness (QED) is 0.775. The number of halogens is 3. The lowest BCUT2D eigenvalue weighted by atomic mass is 9.80. The second-order valence-corrected chi connectivity index (χ2v) is 5.82. The Hall–Kier alpha value is -0.740. The van der Waals surface area contributed by atoms with Crippen molar-refractivity contribution < 1.29 is 23.1 Å². The first-order chi connectivity index (χ1) is 7.56. The molecule has 1 aliphatic carbocycles. The van der Waals surface area contributed by atoms with Crippen LogP contribution in [0.5, 0.6) is 0 Å². The van der Waals surface area contributed by atoms with Crippen LogP contribution in [0.3, 0.4) is 0 Å². The first-order valence-electron chi connectivity index (χ1n) is 5.87. The predicted molar refractivity (Wildman–Crippen MR) is 57.6 cm³/mol. The van der Waals surface area contributed by atoms with E-state index in [1.807, 2.05) is 0 Å². The van der Waals surface area contributed by atoms with Crippen LogP contribution in [-0.4, -0.2) is 17.3 Å².